The van der Waals surface area contributed by atoms with Crippen LogP contribution in [0.25, 0.3) is 0 Å². The number of halogens is 1. The molecule has 2 N–H and O–H groups in total. The van der Waals surface area contributed by atoms with Gasteiger partial charge < -0.3 is 4.57 Å². The molecule has 0 fully saturated rings. The van der Waals surface area contributed by atoms with Crippen LogP contribution in [-0.2, 0) is 28.3 Å². The molecule has 0 atom stereocenters. The molecule has 29 heavy (non-hydrogen) atoms. The maximum Gasteiger partial charge on any atom is 0.286 e. The van der Waals surface area contributed by atoms with E-state index in [4.69, 9.17) is 0 Å². The van der Waals surface area contributed by atoms with Crippen LogP contribution in [0.1, 0.15) is 36.3 Å². The predicted octanol–water partition coefficient (Wildman–Crippen LogP) is 2.21. The Morgan fingerprint density at radius 3 is 2.24 bits per heavy atom. The zero-order valence-corrected chi connectivity index (χ0v) is 19.0. The van der Waals surface area contributed by atoms with E-state index in [-0.39, 0.29) is 17.2 Å². The number of nitrogens with one attached hydrogen (secondary N) is 2. The molecule has 0 bridgehead atoms. The molecular weight excluding hydrogens is 460 g/mol. The molecule has 2 aromatic rings. The molecule has 0 aliphatic carbocycles. The molecule has 0 aliphatic heterocycles. The van der Waals surface area contributed by atoms with Crippen molar-refractivity contribution in [2.24, 2.45) is 7.05 Å². The number of amides is 2. The van der Waals surface area contributed by atoms with Crippen LogP contribution in [0.15, 0.2) is 45.9 Å². The van der Waals surface area contributed by atoms with Gasteiger partial charge in [-0.2, -0.15) is 4.31 Å². The van der Waals surface area contributed by atoms with E-state index in [1.807, 2.05) is 0 Å². The summed E-state index contributed by atoms with van der Waals surface area (Å²) in [7, 11) is -1.77. The number of sulfonamides is 1. The Balaban J connectivity index is 1.87. The van der Waals surface area contributed by atoms with Gasteiger partial charge in [0.1, 0.15) is 5.69 Å². The van der Waals surface area contributed by atoms with Crippen molar-refractivity contribution in [3.63, 3.8) is 0 Å². The Kier molecular flexibility index (Phi) is 8.00. The highest BCUT2D eigenvalue weighted by Crippen LogP contribution is 2.17. The van der Waals surface area contributed by atoms with E-state index in [0.29, 0.717) is 25.2 Å². The first-order valence-corrected chi connectivity index (χ1v) is 11.4. The minimum Gasteiger partial charge on any atom is -0.345 e. The largest absolute Gasteiger partial charge is 0.345 e. The molecule has 0 aliphatic rings. The van der Waals surface area contributed by atoms with E-state index in [0.717, 1.165) is 10.0 Å². The van der Waals surface area contributed by atoms with Crippen molar-refractivity contribution in [3.8, 4) is 0 Å². The molecule has 0 radical (unpaired) electrons. The first kappa shape index (κ1) is 23.1. The lowest BCUT2D eigenvalue weighted by atomic mass is 10.1. The zero-order chi connectivity index (χ0) is 21.6. The topological polar surface area (TPSA) is 101 Å². The normalized spacial score (nSPS) is 11.5. The van der Waals surface area contributed by atoms with Crippen molar-refractivity contribution in [2.75, 3.05) is 13.1 Å². The van der Waals surface area contributed by atoms with E-state index in [2.05, 4.69) is 26.8 Å². The molecule has 0 spiro atoms. The number of hydrazine groups is 1. The monoisotopic (exact) mass is 484 g/mol. The second kappa shape index (κ2) is 10.0. The molecule has 0 unspecified atom stereocenters. The van der Waals surface area contributed by atoms with Gasteiger partial charge in [0.15, 0.2) is 0 Å². The summed E-state index contributed by atoms with van der Waals surface area (Å²) < 4.78 is 28.8. The first-order valence-electron chi connectivity index (χ1n) is 9.19. The Labute approximate surface area is 179 Å². The summed E-state index contributed by atoms with van der Waals surface area (Å²) in [6.45, 7) is 4.41. The van der Waals surface area contributed by atoms with Gasteiger partial charge in [-0.25, -0.2) is 8.42 Å². The standard InChI is InChI=1S/C19H25BrN4O4S/c1-4-24(5-2)29(27,28)16-9-6-14(7-10-16)8-11-18(25)21-22-19(26)17-12-15(20)13-23(17)3/h6-7,9-10,12-13H,4-5,8,11H2,1-3H3,(H,21,25)(H,22,26). The third-order valence-electron chi connectivity index (χ3n) is 4.43. The fourth-order valence-corrected chi connectivity index (χ4v) is 4.78. The molecule has 2 amide bonds. The Hall–Kier alpha value is -2.17. The molecule has 8 nitrogen and oxygen atoms in total. The summed E-state index contributed by atoms with van der Waals surface area (Å²) >= 11 is 3.29. The van der Waals surface area contributed by atoms with E-state index in [1.165, 1.54) is 4.31 Å². The second-order valence-corrected chi connectivity index (χ2v) is 9.24. The summed E-state index contributed by atoms with van der Waals surface area (Å²) in [4.78, 5) is 24.3. The molecule has 158 valence electrons. The summed E-state index contributed by atoms with van der Waals surface area (Å²) in [5.41, 5.74) is 6.00. The van der Waals surface area contributed by atoms with Crippen molar-refractivity contribution in [3.05, 3.63) is 52.3 Å². The fourth-order valence-electron chi connectivity index (χ4n) is 2.80. The average molecular weight is 485 g/mol. The summed E-state index contributed by atoms with van der Waals surface area (Å²) in [5.74, 6) is -0.760. The fraction of sp³-hybridized carbons (Fsp3) is 0.368. The van der Waals surface area contributed by atoms with Gasteiger partial charge in [-0.1, -0.05) is 26.0 Å². The summed E-state index contributed by atoms with van der Waals surface area (Å²) in [6, 6.07) is 8.15. The van der Waals surface area contributed by atoms with Crippen molar-refractivity contribution < 1.29 is 18.0 Å². The third-order valence-corrected chi connectivity index (χ3v) is 6.92. The van der Waals surface area contributed by atoms with Gasteiger partial charge in [-0.05, 0) is 46.1 Å². The highest BCUT2D eigenvalue weighted by Gasteiger charge is 2.21. The average Bonchev–Trinajstić information content (AvgIpc) is 3.03. The SMILES string of the molecule is CCN(CC)S(=O)(=O)c1ccc(CCC(=O)NNC(=O)c2cc(Br)cn2C)cc1. The van der Waals surface area contributed by atoms with E-state index >= 15 is 0 Å². The molecule has 1 aromatic carbocycles. The highest BCUT2D eigenvalue weighted by molar-refractivity contribution is 9.10. The van der Waals surface area contributed by atoms with Gasteiger partial charge in [0.05, 0.1) is 4.90 Å². The number of carbonyl (C=O) groups is 2. The lowest BCUT2D eigenvalue weighted by molar-refractivity contribution is -0.121. The highest BCUT2D eigenvalue weighted by atomic mass is 79.9. The smallest absolute Gasteiger partial charge is 0.286 e. The number of nitrogens with zero attached hydrogens (tertiary/aromatic N) is 2. The van der Waals surface area contributed by atoms with Crippen molar-refractivity contribution in [1.82, 2.24) is 19.7 Å². The molecular formula is C19H25BrN4O4S. The van der Waals surface area contributed by atoms with Crippen molar-refractivity contribution in [2.45, 2.75) is 31.6 Å². The number of benzene rings is 1. The second-order valence-electron chi connectivity index (χ2n) is 6.39. The summed E-state index contributed by atoms with van der Waals surface area (Å²) in [6.07, 6.45) is 2.31. The molecule has 1 heterocycles. The van der Waals surface area contributed by atoms with Gasteiger partial charge in [0.2, 0.25) is 15.9 Å². The first-order chi connectivity index (χ1) is 13.7. The molecule has 2 rings (SSSR count). The third kappa shape index (κ3) is 5.91. The van der Waals surface area contributed by atoms with Crippen LogP contribution in [0.3, 0.4) is 0 Å². The lowest BCUT2D eigenvalue weighted by Gasteiger charge is -2.18. The zero-order valence-electron chi connectivity index (χ0n) is 16.6. The molecule has 0 saturated carbocycles. The van der Waals surface area contributed by atoms with Crippen LogP contribution in [-0.4, -0.2) is 42.2 Å². The number of aromatic nitrogens is 1. The Morgan fingerprint density at radius 2 is 1.72 bits per heavy atom. The number of hydrogen-bond donors (Lipinski definition) is 2. The van der Waals surface area contributed by atoms with Crippen molar-refractivity contribution >= 4 is 37.8 Å². The minimum atomic E-state index is -3.49. The number of aryl methyl sites for hydroxylation is 2. The summed E-state index contributed by atoms with van der Waals surface area (Å²) in [5, 5.41) is 0. The maximum atomic E-state index is 12.5. The van der Waals surface area contributed by atoms with Gasteiger partial charge in [0, 0.05) is 37.2 Å². The molecule has 0 saturated heterocycles. The maximum absolute atomic E-state index is 12.5. The van der Waals surface area contributed by atoms with E-state index in [9.17, 15) is 18.0 Å². The van der Waals surface area contributed by atoms with Crippen LogP contribution in [0.4, 0.5) is 0 Å². The Bertz CT molecular complexity index is 967. The minimum absolute atomic E-state index is 0.152. The van der Waals surface area contributed by atoms with Crippen LogP contribution >= 0.6 is 15.9 Å². The van der Waals surface area contributed by atoms with Gasteiger partial charge in [-0.3, -0.25) is 20.4 Å². The van der Waals surface area contributed by atoms with E-state index < -0.39 is 15.9 Å². The quantitative estimate of drug-likeness (QED) is 0.560. The predicted molar refractivity (Wildman–Crippen MR) is 114 cm³/mol. The van der Waals surface area contributed by atoms with Gasteiger partial charge >= 0.3 is 0 Å². The van der Waals surface area contributed by atoms with E-state index in [1.54, 1.807) is 62.0 Å². The number of rotatable bonds is 8. The van der Waals surface area contributed by atoms with Crippen LogP contribution < -0.4 is 10.9 Å². The lowest BCUT2D eigenvalue weighted by Crippen LogP contribution is -2.42. The van der Waals surface area contributed by atoms with Gasteiger partial charge in [0.25, 0.3) is 5.91 Å². The van der Waals surface area contributed by atoms with Crippen LogP contribution in [0, 0.1) is 0 Å². The molecule has 10 heteroatoms. The molecule has 1 aromatic heterocycles. The number of carbonyl (C=O) groups excluding carboxylic acids is 2. The Morgan fingerprint density at radius 1 is 1.10 bits per heavy atom. The van der Waals surface area contributed by atoms with Crippen molar-refractivity contribution in [1.29, 1.82) is 0 Å². The van der Waals surface area contributed by atoms with Crippen LogP contribution in [0.5, 0.6) is 0 Å². The van der Waals surface area contributed by atoms with Crippen LogP contribution in [0.2, 0.25) is 0 Å². The number of hydrogen-bond acceptors (Lipinski definition) is 4. The van der Waals surface area contributed by atoms with Gasteiger partial charge in [-0.15, -0.1) is 0 Å².